The van der Waals surface area contributed by atoms with Crippen LogP contribution < -0.4 is 5.32 Å². The molecule has 3 heterocycles. The van der Waals surface area contributed by atoms with Gasteiger partial charge in [0.15, 0.2) is 0 Å². The molecule has 0 bridgehead atoms. The van der Waals surface area contributed by atoms with E-state index in [2.05, 4.69) is 16.3 Å². The van der Waals surface area contributed by atoms with E-state index in [1.807, 2.05) is 16.7 Å². The maximum atomic E-state index is 12.9. The third-order valence-electron chi connectivity index (χ3n) is 6.38. The molecule has 1 aromatic heterocycles. The zero-order valence-electron chi connectivity index (χ0n) is 17.5. The van der Waals surface area contributed by atoms with Crippen LogP contribution >= 0.6 is 23.1 Å². The van der Waals surface area contributed by atoms with Crippen molar-refractivity contribution in [3.63, 3.8) is 0 Å². The Labute approximate surface area is 187 Å². The first-order valence-corrected chi connectivity index (χ1v) is 13.1. The molecule has 30 heavy (non-hydrogen) atoms. The summed E-state index contributed by atoms with van der Waals surface area (Å²) in [7, 11) is 0. The summed E-state index contributed by atoms with van der Waals surface area (Å²) >= 11 is 3.49. The molecule has 6 nitrogen and oxygen atoms in total. The van der Waals surface area contributed by atoms with Gasteiger partial charge in [-0.05, 0) is 50.6 Å². The molecule has 4 rings (SSSR count). The fourth-order valence-corrected chi connectivity index (χ4v) is 6.91. The summed E-state index contributed by atoms with van der Waals surface area (Å²) in [4.78, 5) is 31.0. The van der Waals surface area contributed by atoms with Crippen LogP contribution in [-0.2, 0) is 22.4 Å². The van der Waals surface area contributed by atoms with Crippen molar-refractivity contribution in [2.45, 2.75) is 57.4 Å². The Morgan fingerprint density at radius 2 is 1.90 bits per heavy atom. The van der Waals surface area contributed by atoms with Gasteiger partial charge in [0.05, 0.1) is 11.6 Å². The van der Waals surface area contributed by atoms with Crippen LogP contribution in [0, 0.1) is 11.3 Å². The largest absolute Gasteiger partial charge is 0.340 e. The molecule has 1 aromatic rings. The fraction of sp³-hybridized carbons (Fsp3) is 0.682. The Morgan fingerprint density at radius 3 is 2.70 bits per heavy atom. The zero-order valence-corrected chi connectivity index (χ0v) is 19.1. The molecule has 8 heteroatoms. The first-order chi connectivity index (χ1) is 14.7. The van der Waals surface area contributed by atoms with Crippen LogP contribution in [0.3, 0.4) is 0 Å². The van der Waals surface area contributed by atoms with E-state index >= 15 is 0 Å². The number of rotatable bonds is 5. The Kier molecular flexibility index (Phi) is 7.34. The van der Waals surface area contributed by atoms with E-state index in [1.165, 1.54) is 11.3 Å². The molecule has 1 N–H and O–H groups in total. The highest BCUT2D eigenvalue weighted by atomic mass is 32.2. The van der Waals surface area contributed by atoms with Gasteiger partial charge in [-0.25, -0.2) is 0 Å². The summed E-state index contributed by atoms with van der Waals surface area (Å²) in [6.07, 6.45) is 7.69. The minimum atomic E-state index is -0.0756. The first-order valence-electron chi connectivity index (χ1n) is 11.1. The van der Waals surface area contributed by atoms with E-state index in [9.17, 15) is 14.9 Å². The quantitative estimate of drug-likeness (QED) is 0.703. The second-order valence-corrected chi connectivity index (χ2v) is 10.6. The number of anilines is 1. The van der Waals surface area contributed by atoms with Crippen molar-refractivity contribution in [1.82, 2.24) is 9.80 Å². The van der Waals surface area contributed by atoms with Gasteiger partial charge in [0.2, 0.25) is 11.8 Å². The maximum absolute atomic E-state index is 12.9. The molecule has 0 aromatic carbocycles. The molecule has 2 saturated heterocycles. The fourth-order valence-electron chi connectivity index (χ4n) is 4.75. The first kappa shape index (κ1) is 21.7. The number of likely N-dealkylation sites (tertiary alicyclic amines) is 1. The number of amides is 2. The second-order valence-electron chi connectivity index (χ2n) is 8.31. The summed E-state index contributed by atoms with van der Waals surface area (Å²) in [5.41, 5.74) is 1.82. The number of hydrogen-bond acceptors (Lipinski definition) is 6. The predicted octanol–water partition coefficient (Wildman–Crippen LogP) is 3.26. The molecule has 2 fully saturated rings. The Morgan fingerprint density at radius 1 is 1.10 bits per heavy atom. The monoisotopic (exact) mass is 446 g/mol. The smallest absolute Gasteiger partial charge is 0.239 e. The third-order valence-corrected chi connectivity index (χ3v) is 8.53. The van der Waals surface area contributed by atoms with Gasteiger partial charge in [-0.2, -0.15) is 17.0 Å². The number of nitrogens with zero attached hydrogens (tertiary/aromatic N) is 3. The van der Waals surface area contributed by atoms with Crippen LogP contribution in [0.5, 0.6) is 0 Å². The normalized spacial score (nSPS) is 22.2. The molecule has 0 spiro atoms. The van der Waals surface area contributed by atoms with Crippen molar-refractivity contribution < 1.29 is 9.59 Å². The molecule has 1 unspecified atom stereocenters. The van der Waals surface area contributed by atoms with Crippen LogP contribution in [0.1, 0.15) is 54.5 Å². The van der Waals surface area contributed by atoms with E-state index in [1.54, 1.807) is 11.3 Å². The van der Waals surface area contributed by atoms with Crippen molar-refractivity contribution in [3.8, 4) is 6.07 Å². The number of thioether (sulfide) groups is 1. The molecule has 2 amide bonds. The van der Waals surface area contributed by atoms with E-state index in [0.717, 1.165) is 75.2 Å². The number of nitrogens with one attached hydrogen (secondary N) is 1. The van der Waals surface area contributed by atoms with Crippen molar-refractivity contribution >= 4 is 39.9 Å². The molecule has 0 saturated carbocycles. The lowest BCUT2D eigenvalue weighted by Gasteiger charge is -2.32. The average molecular weight is 447 g/mol. The lowest BCUT2D eigenvalue weighted by Crippen LogP contribution is -2.48. The summed E-state index contributed by atoms with van der Waals surface area (Å²) in [5, 5.41) is 13.4. The van der Waals surface area contributed by atoms with Gasteiger partial charge in [0, 0.05) is 42.4 Å². The van der Waals surface area contributed by atoms with Gasteiger partial charge >= 0.3 is 0 Å². The van der Waals surface area contributed by atoms with Gasteiger partial charge in [-0.3, -0.25) is 14.5 Å². The van der Waals surface area contributed by atoms with Crippen molar-refractivity contribution in [2.75, 3.05) is 43.0 Å². The topological polar surface area (TPSA) is 76.4 Å². The van der Waals surface area contributed by atoms with Crippen LogP contribution in [0.2, 0.25) is 0 Å². The SMILES string of the molecule is N#Cc1c(NC(=O)CCN2CCCC2C(=O)N2CCSCC2)sc2c1CCCCC2. The number of carbonyl (C=O) groups is 2. The van der Waals surface area contributed by atoms with Crippen LogP contribution in [-0.4, -0.2) is 65.3 Å². The van der Waals surface area contributed by atoms with Crippen molar-refractivity contribution in [1.29, 1.82) is 5.26 Å². The third kappa shape index (κ3) is 4.84. The minimum Gasteiger partial charge on any atom is -0.340 e. The molecule has 0 radical (unpaired) electrons. The predicted molar refractivity (Wildman–Crippen MR) is 122 cm³/mol. The maximum Gasteiger partial charge on any atom is 0.239 e. The lowest BCUT2D eigenvalue weighted by atomic mass is 10.1. The summed E-state index contributed by atoms with van der Waals surface area (Å²) in [5.74, 6) is 2.22. The highest BCUT2D eigenvalue weighted by molar-refractivity contribution is 7.99. The zero-order chi connectivity index (χ0) is 20.9. The molecular weight excluding hydrogens is 416 g/mol. The van der Waals surface area contributed by atoms with Crippen LogP contribution in [0.4, 0.5) is 5.00 Å². The van der Waals surface area contributed by atoms with Gasteiger partial charge < -0.3 is 10.2 Å². The summed E-state index contributed by atoms with van der Waals surface area (Å²) in [6.45, 7) is 3.16. The number of thiophene rings is 1. The van der Waals surface area contributed by atoms with E-state index in [-0.39, 0.29) is 17.9 Å². The Hall–Kier alpha value is -1.56. The molecule has 3 aliphatic rings. The highest BCUT2D eigenvalue weighted by Crippen LogP contribution is 2.37. The summed E-state index contributed by atoms with van der Waals surface area (Å²) < 4.78 is 0. The lowest BCUT2D eigenvalue weighted by molar-refractivity contribution is -0.136. The molecule has 1 aliphatic carbocycles. The van der Waals surface area contributed by atoms with Gasteiger partial charge in [-0.15, -0.1) is 11.3 Å². The van der Waals surface area contributed by atoms with Gasteiger partial charge in [-0.1, -0.05) is 6.42 Å². The van der Waals surface area contributed by atoms with E-state index < -0.39 is 0 Å². The number of aryl methyl sites for hydroxylation is 1. The van der Waals surface area contributed by atoms with Gasteiger partial charge in [0.25, 0.3) is 0 Å². The van der Waals surface area contributed by atoms with Crippen molar-refractivity contribution in [3.05, 3.63) is 16.0 Å². The van der Waals surface area contributed by atoms with Gasteiger partial charge in [0.1, 0.15) is 11.1 Å². The van der Waals surface area contributed by atoms with E-state index in [4.69, 9.17) is 0 Å². The average Bonchev–Trinajstić information content (AvgIpc) is 3.29. The van der Waals surface area contributed by atoms with Crippen LogP contribution in [0.25, 0.3) is 0 Å². The standard InChI is InChI=1S/C22H30N4O2S2/c23-15-17-16-5-2-1-3-7-19(16)30-21(17)24-20(27)8-10-25-9-4-6-18(25)22(28)26-11-13-29-14-12-26/h18H,1-14H2,(H,24,27). The molecular formula is C22H30N4O2S2. The Balaban J connectivity index is 1.33. The molecule has 1 atom stereocenters. The van der Waals surface area contributed by atoms with Crippen molar-refractivity contribution in [2.24, 2.45) is 0 Å². The number of hydrogen-bond donors (Lipinski definition) is 1. The number of nitriles is 1. The number of carbonyl (C=O) groups excluding carboxylic acids is 2. The molecule has 2 aliphatic heterocycles. The van der Waals surface area contributed by atoms with Crippen LogP contribution in [0.15, 0.2) is 0 Å². The minimum absolute atomic E-state index is 0.0598. The summed E-state index contributed by atoms with van der Waals surface area (Å²) in [6, 6.07) is 2.25. The molecule has 162 valence electrons. The number of fused-ring (bicyclic) bond motifs is 1. The van der Waals surface area contributed by atoms with E-state index in [0.29, 0.717) is 23.5 Å². The highest BCUT2D eigenvalue weighted by Gasteiger charge is 2.34. The second kappa shape index (κ2) is 10.2. The Bertz CT molecular complexity index is 826.